The van der Waals surface area contributed by atoms with Crippen molar-refractivity contribution in [1.82, 2.24) is 14.5 Å². The minimum Gasteiger partial charge on any atom is -0.388 e. The Bertz CT molecular complexity index is 1040. The summed E-state index contributed by atoms with van der Waals surface area (Å²) < 4.78 is 3.17. The maximum Gasteiger partial charge on any atom is 0.258 e. The summed E-state index contributed by atoms with van der Waals surface area (Å²) in [5.74, 6) is -0.632. The van der Waals surface area contributed by atoms with E-state index in [9.17, 15) is 14.4 Å². The van der Waals surface area contributed by atoms with E-state index < -0.39 is 11.8 Å². The third-order valence-electron chi connectivity index (χ3n) is 4.13. The highest BCUT2D eigenvalue weighted by atomic mass is 35.5. The molecule has 32 heavy (non-hydrogen) atoms. The molecule has 14 heteroatoms. The van der Waals surface area contributed by atoms with Crippen LogP contribution >= 0.6 is 12.4 Å². The molecule has 0 aromatic carbocycles. The monoisotopic (exact) mass is 466 g/mol. The van der Waals surface area contributed by atoms with Crippen LogP contribution in [0.5, 0.6) is 0 Å². The fraction of sp³-hybridized carbons (Fsp3) is 0.278. The molecule has 2 heterocycles. The molecule has 0 spiro atoms. The number of nitrogens with one attached hydrogen (secondary N) is 4. The molecule has 0 radical (unpaired) electrons. The number of aryl methyl sites for hydroxylation is 2. The largest absolute Gasteiger partial charge is 0.388 e. The quantitative estimate of drug-likeness (QED) is 0.187. The Morgan fingerprint density at radius 1 is 0.969 bits per heavy atom. The number of guanidine groups is 1. The van der Waals surface area contributed by atoms with Gasteiger partial charge in [-0.1, -0.05) is 0 Å². The molecule has 13 nitrogen and oxygen atoms in total. The van der Waals surface area contributed by atoms with Crippen molar-refractivity contribution in [2.24, 2.45) is 36.3 Å². The van der Waals surface area contributed by atoms with Crippen LogP contribution < -0.4 is 33.2 Å². The molecule has 0 saturated carbocycles. The SMILES string of the molecule is Cl.Cn1cc(C(=O)Nc2cc(C(=O)NCCC(=N)N)cn2C)cc1NC(=O)CN=C(N)N. The van der Waals surface area contributed by atoms with Crippen LogP contribution in [0, 0.1) is 5.41 Å². The van der Waals surface area contributed by atoms with Gasteiger partial charge in [0.05, 0.1) is 17.0 Å². The van der Waals surface area contributed by atoms with Crippen LogP contribution in [0.1, 0.15) is 27.1 Å². The van der Waals surface area contributed by atoms with Gasteiger partial charge in [0.2, 0.25) is 5.91 Å². The van der Waals surface area contributed by atoms with Gasteiger partial charge in [-0.3, -0.25) is 19.8 Å². The summed E-state index contributed by atoms with van der Waals surface area (Å²) in [7, 11) is 3.35. The highest BCUT2D eigenvalue weighted by molar-refractivity contribution is 6.06. The van der Waals surface area contributed by atoms with Crippen molar-refractivity contribution in [1.29, 1.82) is 5.41 Å². The fourth-order valence-corrected chi connectivity index (χ4v) is 2.57. The number of halogens is 1. The van der Waals surface area contributed by atoms with E-state index in [0.29, 0.717) is 22.8 Å². The lowest BCUT2D eigenvalue weighted by molar-refractivity contribution is -0.114. The Kier molecular flexibility index (Phi) is 9.28. The first kappa shape index (κ1) is 26.0. The zero-order valence-corrected chi connectivity index (χ0v) is 18.5. The molecular formula is C18H27ClN10O3. The first-order valence-corrected chi connectivity index (χ1v) is 9.17. The van der Waals surface area contributed by atoms with E-state index in [0.717, 1.165) is 0 Å². The van der Waals surface area contributed by atoms with Crippen LogP contribution in [0.25, 0.3) is 0 Å². The van der Waals surface area contributed by atoms with Gasteiger partial charge in [-0.2, -0.15) is 0 Å². The van der Waals surface area contributed by atoms with Gasteiger partial charge in [0.15, 0.2) is 5.96 Å². The van der Waals surface area contributed by atoms with Gasteiger partial charge < -0.3 is 42.3 Å². The van der Waals surface area contributed by atoms with Crippen molar-refractivity contribution in [3.8, 4) is 0 Å². The van der Waals surface area contributed by atoms with Crippen molar-refractivity contribution in [3.05, 3.63) is 35.7 Å². The number of hydrogen-bond donors (Lipinski definition) is 7. The van der Waals surface area contributed by atoms with Crippen LogP contribution in [0.2, 0.25) is 0 Å². The lowest BCUT2D eigenvalue weighted by atomic mass is 10.3. The maximum atomic E-state index is 12.6. The highest BCUT2D eigenvalue weighted by Crippen LogP contribution is 2.17. The second kappa shape index (κ2) is 11.4. The number of aromatic nitrogens is 2. The molecule has 3 amide bonds. The number of carbonyl (C=O) groups excluding carboxylic acids is 3. The number of anilines is 2. The number of rotatable bonds is 9. The Morgan fingerprint density at radius 3 is 2.03 bits per heavy atom. The molecule has 2 aromatic heterocycles. The van der Waals surface area contributed by atoms with Crippen LogP contribution in [-0.4, -0.2) is 51.7 Å². The molecule has 0 saturated heterocycles. The van der Waals surface area contributed by atoms with E-state index in [1.807, 2.05) is 0 Å². The second-order valence-electron chi connectivity index (χ2n) is 6.72. The minimum absolute atomic E-state index is 0. The lowest BCUT2D eigenvalue weighted by Gasteiger charge is -2.04. The smallest absolute Gasteiger partial charge is 0.258 e. The van der Waals surface area contributed by atoms with Crippen molar-refractivity contribution in [2.45, 2.75) is 6.42 Å². The summed E-state index contributed by atoms with van der Waals surface area (Å²) in [5, 5.41) is 15.1. The Hall–Kier alpha value is -4.00. The van der Waals surface area contributed by atoms with Crippen LogP contribution in [0.15, 0.2) is 29.5 Å². The van der Waals surface area contributed by atoms with Gasteiger partial charge in [-0.25, -0.2) is 4.99 Å². The van der Waals surface area contributed by atoms with Crippen molar-refractivity contribution >= 4 is 53.6 Å². The summed E-state index contributed by atoms with van der Waals surface area (Å²) in [6, 6.07) is 3.03. The predicted molar refractivity (Wildman–Crippen MR) is 124 cm³/mol. The molecule has 0 aliphatic heterocycles. The number of carbonyl (C=O) groups is 3. The van der Waals surface area contributed by atoms with Crippen LogP contribution in [0.3, 0.4) is 0 Å². The van der Waals surface area contributed by atoms with E-state index in [1.54, 1.807) is 35.6 Å². The summed E-state index contributed by atoms with van der Waals surface area (Å²) >= 11 is 0. The zero-order chi connectivity index (χ0) is 23.1. The number of amides is 3. The van der Waals surface area contributed by atoms with Gasteiger partial charge in [-0.05, 0) is 12.1 Å². The van der Waals surface area contributed by atoms with E-state index in [4.69, 9.17) is 22.6 Å². The fourth-order valence-electron chi connectivity index (χ4n) is 2.57. The molecule has 0 atom stereocenters. The molecule has 0 bridgehead atoms. The Balaban J connectivity index is 0.00000512. The molecule has 2 rings (SSSR count). The summed E-state index contributed by atoms with van der Waals surface area (Å²) in [5.41, 5.74) is 16.3. The van der Waals surface area contributed by atoms with Crippen LogP contribution in [0.4, 0.5) is 11.6 Å². The third kappa shape index (κ3) is 7.36. The first-order valence-electron chi connectivity index (χ1n) is 9.17. The van der Waals surface area contributed by atoms with Gasteiger partial charge in [0, 0.05) is 39.5 Å². The number of nitrogens with two attached hydrogens (primary N) is 3. The van der Waals surface area contributed by atoms with Crippen LogP contribution in [-0.2, 0) is 18.9 Å². The van der Waals surface area contributed by atoms with Gasteiger partial charge in [0.25, 0.3) is 11.8 Å². The normalized spacial score (nSPS) is 9.94. The Morgan fingerprint density at radius 2 is 1.50 bits per heavy atom. The average Bonchev–Trinajstić information content (AvgIpc) is 3.22. The molecule has 10 N–H and O–H groups in total. The number of hydrogen-bond acceptors (Lipinski definition) is 5. The molecule has 0 aliphatic carbocycles. The molecule has 2 aromatic rings. The summed E-state index contributed by atoms with van der Waals surface area (Å²) in [6.45, 7) is 0.00208. The highest BCUT2D eigenvalue weighted by Gasteiger charge is 2.16. The van der Waals surface area contributed by atoms with Gasteiger partial charge in [-0.15, -0.1) is 12.4 Å². The topological polar surface area (TPSA) is 211 Å². The predicted octanol–water partition coefficient (Wildman–Crippen LogP) is -0.695. The molecule has 0 fully saturated rings. The second-order valence-corrected chi connectivity index (χ2v) is 6.72. The number of aliphatic imine (C=N–C) groups is 1. The number of nitrogens with zero attached hydrogens (tertiary/aromatic N) is 3. The standard InChI is InChI=1S/C18H26N10O3.ClH/c1-27-9-11(6-13(27)25-15(29)7-24-18(21)22)17(31)26-14-5-10(8-28(14)2)16(30)23-4-3-12(19)20;/h5-6,8-9H,3-4,7H2,1-2H3,(H3,19,20)(H,23,30)(H,25,29)(H,26,31)(H4,21,22,24);1H. The first-order chi connectivity index (χ1) is 14.6. The summed E-state index contributed by atoms with van der Waals surface area (Å²) in [6.07, 6.45) is 3.36. The van der Waals surface area contributed by atoms with E-state index in [1.165, 1.54) is 12.1 Å². The molecule has 174 valence electrons. The molecule has 0 aliphatic rings. The van der Waals surface area contributed by atoms with Crippen molar-refractivity contribution in [3.63, 3.8) is 0 Å². The lowest BCUT2D eigenvalue weighted by Crippen LogP contribution is -2.27. The van der Waals surface area contributed by atoms with Gasteiger partial charge >= 0.3 is 0 Å². The van der Waals surface area contributed by atoms with Crippen molar-refractivity contribution in [2.75, 3.05) is 23.7 Å². The van der Waals surface area contributed by atoms with Gasteiger partial charge in [0.1, 0.15) is 18.2 Å². The zero-order valence-electron chi connectivity index (χ0n) is 17.6. The van der Waals surface area contributed by atoms with E-state index in [2.05, 4.69) is 20.9 Å². The van der Waals surface area contributed by atoms with E-state index >= 15 is 0 Å². The maximum absolute atomic E-state index is 12.6. The third-order valence-corrected chi connectivity index (χ3v) is 4.13. The van der Waals surface area contributed by atoms with Crippen molar-refractivity contribution < 1.29 is 14.4 Å². The summed E-state index contributed by atoms with van der Waals surface area (Å²) in [4.78, 5) is 40.3. The average molecular weight is 467 g/mol. The van der Waals surface area contributed by atoms with E-state index in [-0.39, 0.29) is 49.6 Å². The molecule has 0 unspecified atom stereocenters. The number of amidine groups is 1. The Labute approximate surface area is 190 Å². The minimum atomic E-state index is -0.440. The molecular weight excluding hydrogens is 440 g/mol.